The molecule has 3 aliphatic heterocycles. The molecule has 2 aromatic rings. The summed E-state index contributed by atoms with van der Waals surface area (Å²) in [5.74, 6) is 0.510. The summed E-state index contributed by atoms with van der Waals surface area (Å²) in [5.41, 5.74) is 4.32. The zero-order valence-corrected chi connectivity index (χ0v) is 16.1. The van der Waals surface area contributed by atoms with Gasteiger partial charge < -0.3 is 24.1 Å². The number of ether oxygens (including phenoxy) is 3. The van der Waals surface area contributed by atoms with Gasteiger partial charge in [-0.2, -0.15) is 0 Å². The number of hydrogen-bond donors (Lipinski definition) is 1. The number of methoxy groups -OCH3 is 2. The second-order valence-electron chi connectivity index (χ2n) is 7.62. The van der Waals surface area contributed by atoms with Crippen LogP contribution in [0.4, 0.5) is 0 Å². The van der Waals surface area contributed by atoms with Crippen LogP contribution in [0.5, 0.6) is 5.75 Å². The van der Waals surface area contributed by atoms with Gasteiger partial charge in [-0.3, -0.25) is 0 Å². The lowest BCUT2D eigenvalue weighted by atomic mass is 9.79. The van der Waals surface area contributed by atoms with Crippen molar-refractivity contribution >= 4 is 16.9 Å². The Labute approximate surface area is 163 Å². The van der Waals surface area contributed by atoms with Gasteiger partial charge in [-0.05, 0) is 43.1 Å². The lowest BCUT2D eigenvalue weighted by molar-refractivity contribution is -0.138. The predicted molar refractivity (Wildman–Crippen MR) is 105 cm³/mol. The maximum atomic E-state index is 12.4. The highest BCUT2D eigenvalue weighted by Crippen LogP contribution is 2.50. The zero-order valence-electron chi connectivity index (χ0n) is 16.1. The highest BCUT2D eigenvalue weighted by molar-refractivity contribution is 5.90. The molecule has 6 nitrogen and oxygen atoms in total. The summed E-state index contributed by atoms with van der Waals surface area (Å²) in [5, 5.41) is 4.88. The Balaban J connectivity index is 1.76. The molecular formula is C22H24N2O4. The first-order valence-electron chi connectivity index (χ1n) is 9.68. The molecule has 0 radical (unpaired) electrons. The molecular weight excluding hydrogens is 356 g/mol. The zero-order chi connectivity index (χ0) is 19.4. The third-order valence-electron chi connectivity index (χ3n) is 6.42. The molecule has 4 atom stereocenters. The summed E-state index contributed by atoms with van der Waals surface area (Å²) in [6.07, 6.45) is 5.04. The average molecular weight is 380 g/mol. The van der Waals surface area contributed by atoms with Crippen molar-refractivity contribution in [2.24, 2.45) is 11.8 Å². The van der Waals surface area contributed by atoms with Crippen LogP contribution in [0.1, 0.15) is 29.9 Å². The Morgan fingerprint density at radius 3 is 3.00 bits per heavy atom. The molecule has 0 unspecified atom stereocenters. The third-order valence-corrected chi connectivity index (χ3v) is 6.42. The second kappa shape index (κ2) is 6.41. The van der Waals surface area contributed by atoms with Crippen LogP contribution in [-0.4, -0.2) is 31.3 Å². The lowest BCUT2D eigenvalue weighted by Crippen LogP contribution is -2.33. The van der Waals surface area contributed by atoms with E-state index >= 15 is 0 Å². The number of hydrogen-bond acceptors (Lipinski definition) is 5. The largest absolute Gasteiger partial charge is 0.497 e. The molecule has 1 aromatic carbocycles. The number of carbonyl (C=O) groups excluding carboxylic acids is 1. The molecule has 5 rings (SSSR count). The normalized spacial score (nSPS) is 27.9. The smallest absolute Gasteiger partial charge is 0.337 e. The molecule has 0 saturated carbocycles. The summed E-state index contributed by atoms with van der Waals surface area (Å²) < 4.78 is 18.9. The summed E-state index contributed by atoms with van der Waals surface area (Å²) in [7, 11) is 3.11. The van der Waals surface area contributed by atoms with E-state index in [1.54, 1.807) is 13.4 Å². The Morgan fingerprint density at radius 2 is 2.25 bits per heavy atom. The number of fused-ring (bicyclic) bond motifs is 6. The van der Waals surface area contributed by atoms with Crippen LogP contribution < -0.4 is 10.1 Å². The van der Waals surface area contributed by atoms with Crippen LogP contribution in [-0.2, 0) is 20.7 Å². The van der Waals surface area contributed by atoms with Gasteiger partial charge in [0.2, 0.25) is 0 Å². The number of nitrogens with zero attached hydrogens (tertiary/aromatic N) is 1. The van der Waals surface area contributed by atoms with Gasteiger partial charge in [0.25, 0.3) is 0 Å². The highest BCUT2D eigenvalue weighted by Gasteiger charge is 2.46. The monoisotopic (exact) mass is 380 g/mol. The van der Waals surface area contributed by atoms with Crippen LogP contribution in [0.15, 0.2) is 42.7 Å². The van der Waals surface area contributed by atoms with Crippen LogP contribution in [0, 0.1) is 11.8 Å². The fourth-order valence-electron chi connectivity index (χ4n) is 5.18. The van der Waals surface area contributed by atoms with Crippen LogP contribution in [0.25, 0.3) is 10.9 Å². The SMILES string of the molecule is C=C[C@@H]1[C@@H]2C[C@@H]3NCCc4c3n(c3ccc(OC)cc43)[C@H]1OC=C2C(=O)OC. The Bertz CT molecular complexity index is 1010. The average Bonchev–Trinajstić information content (AvgIpc) is 3.02. The van der Waals surface area contributed by atoms with Crippen molar-refractivity contribution in [2.75, 3.05) is 20.8 Å². The van der Waals surface area contributed by atoms with E-state index < -0.39 is 0 Å². The molecule has 1 N–H and O–H groups in total. The topological polar surface area (TPSA) is 61.7 Å². The maximum absolute atomic E-state index is 12.4. The van der Waals surface area contributed by atoms with Gasteiger partial charge >= 0.3 is 5.97 Å². The second-order valence-corrected chi connectivity index (χ2v) is 7.62. The number of aromatic nitrogens is 1. The van der Waals surface area contributed by atoms with E-state index in [1.807, 2.05) is 12.1 Å². The standard InChI is InChI=1S/C22H24N2O4/c1-4-13-15-10-18-20-14(7-8-23-18)16-9-12(26-2)5-6-19(16)24(20)21(13)28-11-17(15)22(25)27-3/h4-6,9,11,13,15,18,21,23H,1,7-8,10H2,2-3H3/t13-,15+,18+,21+/m1/s1. The molecule has 4 heterocycles. The van der Waals surface area contributed by atoms with Crippen molar-refractivity contribution in [3.05, 3.63) is 53.9 Å². The van der Waals surface area contributed by atoms with Gasteiger partial charge in [-0.15, -0.1) is 6.58 Å². The van der Waals surface area contributed by atoms with E-state index in [0.717, 1.165) is 30.7 Å². The molecule has 0 spiro atoms. The number of nitrogens with one attached hydrogen (secondary N) is 1. The minimum absolute atomic E-state index is 0.000323. The van der Waals surface area contributed by atoms with Gasteiger partial charge in [0.05, 0.1) is 31.6 Å². The van der Waals surface area contributed by atoms with Crippen LogP contribution in [0.3, 0.4) is 0 Å². The molecule has 0 saturated heterocycles. The first kappa shape index (κ1) is 17.4. The Hall–Kier alpha value is -2.73. The first-order chi connectivity index (χ1) is 13.7. The molecule has 0 fully saturated rings. The van der Waals surface area contributed by atoms with Gasteiger partial charge in [-0.1, -0.05) is 6.08 Å². The number of rotatable bonds is 3. The molecule has 28 heavy (non-hydrogen) atoms. The number of carbonyl (C=O) groups is 1. The van der Waals surface area contributed by atoms with E-state index in [2.05, 4.69) is 28.6 Å². The van der Waals surface area contributed by atoms with Crippen molar-refractivity contribution in [1.29, 1.82) is 0 Å². The van der Waals surface area contributed by atoms with Crippen molar-refractivity contribution in [1.82, 2.24) is 9.88 Å². The summed E-state index contributed by atoms with van der Waals surface area (Å²) in [4.78, 5) is 12.4. The van der Waals surface area contributed by atoms with Crippen LogP contribution >= 0.6 is 0 Å². The fraction of sp³-hybridized carbons (Fsp3) is 0.409. The Morgan fingerprint density at radius 1 is 1.39 bits per heavy atom. The van der Waals surface area contributed by atoms with E-state index in [-0.39, 0.29) is 30.1 Å². The summed E-state index contributed by atoms with van der Waals surface area (Å²) in [6, 6.07) is 6.36. The Kier molecular flexibility index (Phi) is 3.98. The van der Waals surface area contributed by atoms with E-state index in [0.29, 0.717) is 5.57 Å². The van der Waals surface area contributed by atoms with Crippen molar-refractivity contribution in [2.45, 2.75) is 25.1 Å². The molecule has 3 aliphatic rings. The van der Waals surface area contributed by atoms with Gasteiger partial charge in [0, 0.05) is 29.0 Å². The maximum Gasteiger partial charge on any atom is 0.337 e. The molecule has 6 heteroatoms. The lowest BCUT2D eigenvalue weighted by Gasteiger charge is -2.35. The predicted octanol–water partition coefficient (Wildman–Crippen LogP) is 3.24. The quantitative estimate of drug-likeness (QED) is 0.654. The van der Waals surface area contributed by atoms with Gasteiger partial charge in [0.15, 0.2) is 6.23 Å². The molecule has 1 aromatic heterocycles. The fourth-order valence-corrected chi connectivity index (χ4v) is 5.18. The minimum atomic E-state index is -0.326. The highest BCUT2D eigenvalue weighted by atomic mass is 16.5. The minimum Gasteiger partial charge on any atom is -0.497 e. The van der Waals surface area contributed by atoms with Gasteiger partial charge in [0.1, 0.15) is 5.75 Å². The van der Waals surface area contributed by atoms with Crippen molar-refractivity contribution in [3.8, 4) is 5.75 Å². The van der Waals surface area contributed by atoms with Crippen molar-refractivity contribution in [3.63, 3.8) is 0 Å². The molecule has 0 aliphatic carbocycles. The number of esters is 1. The molecule has 0 amide bonds. The molecule has 2 bridgehead atoms. The van der Waals surface area contributed by atoms with Crippen LogP contribution in [0.2, 0.25) is 0 Å². The molecule has 146 valence electrons. The summed E-state index contributed by atoms with van der Waals surface area (Å²) in [6.45, 7) is 4.97. The van der Waals surface area contributed by atoms with E-state index in [9.17, 15) is 4.79 Å². The van der Waals surface area contributed by atoms with E-state index in [1.165, 1.54) is 23.8 Å². The number of benzene rings is 1. The summed E-state index contributed by atoms with van der Waals surface area (Å²) >= 11 is 0. The van der Waals surface area contributed by atoms with Crippen molar-refractivity contribution < 1.29 is 19.0 Å². The first-order valence-corrected chi connectivity index (χ1v) is 9.68. The third kappa shape index (κ3) is 2.27. The van der Waals surface area contributed by atoms with Gasteiger partial charge in [-0.25, -0.2) is 4.79 Å². The van der Waals surface area contributed by atoms with E-state index in [4.69, 9.17) is 14.2 Å².